The van der Waals surface area contributed by atoms with E-state index >= 15 is 0 Å². The largest absolute Gasteiger partial charge is 0.381 e. The fraction of sp³-hybridized carbons (Fsp3) is 0.625. The average molecular weight is 267 g/mol. The Kier molecular flexibility index (Phi) is 8.43. The van der Waals surface area contributed by atoms with E-state index in [1.54, 1.807) is 12.1 Å². The zero-order valence-corrected chi connectivity index (χ0v) is 12.1. The van der Waals surface area contributed by atoms with Gasteiger partial charge in [0, 0.05) is 13.2 Å². The minimum Gasteiger partial charge on any atom is -0.381 e. The first kappa shape index (κ1) is 16.1. The maximum atomic E-state index is 13.2. The molecule has 0 radical (unpaired) electrons. The molecule has 0 aromatic heterocycles. The van der Waals surface area contributed by atoms with Gasteiger partial charge < -0.3 is 10.1 Å². The van der Waals surface area contributed by atoms with E-state index in [-0.39, 0.29) is 5.82 Å². The predicted octanol–water partition coefficient (Wildman–Crippen LogP) is 3.41. The number of hydrogen-bond acceptors (Lipinski definition) is 2. The van der Waals surface area contributed by atoms with Crippen LogP contribution in [-0.2, 0) is 11.2 Å². The van der Waals surface area contributed by atoms with Gasteiger partial charge in [-0.25, -0.2) is 4.39 Å². The van der Waals surface area contributed by atoms with E-state index in [0.29, 0.717) is 5.92 Å². The second-order valence-electron chi connectivity index (χ2n) is 5.01. The van der Waals surface area contributed by atoms with Crippen LogP contribution in [-0.4, -0.2) is 26.8 Å². The Morgan fingerprint density at radius 3 is 2.84 bits per heavy atom. The quantitative estimate of drug-likeness (QED) is 0.656. The lowest BCUT2D eigenvalue weighted by molar-refractivity contribution is 0.117. The van der Waals surface area contributed by atoms with Crippen molar-refractivity contribution in [2.75, 3.05) is 26.8 Å². The number of ether oxygens (including phenoxy) is 1. The van der Waals surface area contributed by atoms with Gasteiger partial charge in [-0.15, -0.1) is 0 Å². The molecular formula is C16H26FNO. The molecule has 1 atom stereocenters. The molecule has 0 aliphatic rings. The standard InChI is InChI=1S/C16H26FNO/c1-3-4-9-19-10-8-15(13-18-2)11-14-6-5-7-16(17)12-14/h5-7,12,15,18H,3-4,8-11,13H2,1-2H3. The van der Waals surface area contributed by atoms with Gasteiger partial charge in [0.15, 0.2) is 0 Å². The monoisotopic (exact) mass is 267 g/mol. The summed E-state index contributed by atoms with van der Waals surface area (Å²) < 4.78 is 18.8. The van der Waals surface area contributed by atoms with Gasteiger partial charge in [0.2, 0.25) is 0 Å². The minimum atomic E-state index is -0.153. The van der Waals surface area contributed by atoms with Crippen LogP contribution in [0.1, 0.15) is 31.7 Å². The van der Waals surface area contributed by atoms with Gasteiger partial charge in [0.1, 0.15) is 5.82 Å². The van der Waals surface area contributed by atoms with E-state index in [9.17, 15) is 4.39 Å². The SMILES string of the molecule is CCCCOCCC(CNC)Cc1cccc(F)c1. The fourth-order valence-electron chi connectivity index (χ4n) is 2.16. The lowest BCUT2D eigenvalue weighted by Crippen LogP contribution is -2.22. The number of halogens is 1. The van der Waals surface area contributed by atoms with Gasteiger partial charge >= 0.3 is 0 Å². The number of nitrogens with one attached hydrogen (secondary N) is 1. The molecular weight excluding hydrogens is 241 g/mol. The maximum Gasteiger partial charge on any atom is 0.123 e. The van der Waals surface area contributed by atoms with Crippen LogP contribution in [0.25, 0.3) is 0 Å². The molecule has 19 heavy (non-hydrogen) atoms. The molecule has 0 aliphatic heterocycles. The predicted molar refractivity (Wildman–Crippen MR) is 77.9 cm³/mol. The zero-order valence-electron chi connectivity index (χ0n) is 12.1. The van der Waals surface area contributed by atoms with Gasteiger partial charge in [-0.3, -0.25) is 0 Å². The van der Waals surface area contributed by atoms with Gasteiger partial charge in [-0.05, 0) is 56.5 Å². The molecule has 1 aromatic rings. The number of benzene rings is 1. The molecule has 0 bridgehead atoms. The van der Waals surface area contributed by atoms with Crippen molar-refractivity contribution in [3.05, 3.63) is 35.6 Å². The van der Waals surface area contributed by atoms with Crippen molar-refractivity contribution in [2.45, 2.75) is 32.6 Å². The van der Waals surface area contributed by atoms with Crippen molar-refractivity contribution >= 4 is 0 Å². The number of rotatable bonds is 10. The van der Waals surface area contributed by atoms with Crippen LogP contribution in [0.2, 0.25) is 0 Å². The van der Waals surface area contributed by atoms with Gasteiger partial charge in [0.25, 0.3) is 0 Å². The van der Waals surface area contributed by atoms with Crippen LogP contribution in [0, 0.1) is 11.7 Å². The molecule has 0 spiro atoms. The summed E-state index contributed by atoms with van der Waals surface area (Å²) in [6, 6.07) is 6.88. The highest BCUT2D eigenvalue weighted by Crippen LogP contribution is 2.13. The van der Waals surface area contributed by atoms with Crippen molar-refractivity contribution in [2.24, 2.45) is 5.92 Å². The van der Waals surface area contributed by atoms with Crippen LogP contribution in [0.5, 0.6) is 0 Å². The summed E-state index contributed by atoms with van der Waals surface area (Å²) in [5.74, 6) is 0.341. The Labute approximate surface area is 116 Å². The molecule has 1 N–H and O–H groups in total. The summed E-state index contributed by atoms with van der Waals surface area (Å²) in [6.45, 7) is 4.75. The van der Waals surface area contributed by atoms with Gasteiger partial charge in [-0.1, -0.05) is 25.5 Å². The third-order valence-corrected chi connectivity index (χ3v) is 3.22. The second-order valence-corrected chi connectivity index (χ2v) is 5.01. The smallest absolute Gasteiger partial charge is 0.123 e. The van der Waals surface area contributed by atoms with E-state index in [2.05, 4.69) is 12.2 Å². The van der Waals surface area contributed by atoms with Crippen molar-refractivity contribution < 1.29 is 9.13 Å². The van der Waals surface area contributed by atoms with Crippen LogP contribution >= 0.6 is 0 Å². The van der Waals surface area contributed by atoms with Gasteiger partial charge in [-0.2, -0.15) is 0 Å². The Balaban J connectivity index is 2.35. The van der Waals surface area contributed by atoms with Crippen LogP contribution in [0.4, 0.5) is 4.39 Å². The third kappa shape index (κ3) is 7.28. The van der Waals surface area contributed by atoms with Crippen molar-refractivity contribution in [3.63, 3.8) is 0 Å². The highest BCUT2D eigenvalue weighted by molar-refractivity contribution is 5.16. The lowest BCUT2D eigenvalue weighted by Gasteiger charge is -2.16. The van der Waals surface area contributed by atoms with Crippen molar-refractivity contribution in [1.29, 1.82) is 0 Å². The molecule has 108 valence electrons. The summed E-state index contributed by atoms with van der Waals surface area (Å²) in [6.07, 6.45) is 4.21. The molecule has 0 fully saturated rings. The van der Waals surface area contributed by atoms with E-state index < -0.39 is 0 Å². The first-order valence-corrected chi connectivity index (χ1v) is 7.23. The Morgan fingerprint density at radius 2 is 2.16 bits per heavy atom. The first-order valence-electron chi connectivity index (χ1n) is 7.23. The molecule has 0 saturated carbocycles. The van der Waals surface area contributed by atoms with E-state index in [4.69, 9.17) is 4.74 Å². The van der Waals surface area contributed by atoms with Crippen LogP contribution < -0.4 is 5.32 Å². The van der Waals surface area contributed by atoms with Crippen LogP contribution in [0.3, 0.4) is 0 Å². The Hall–Kier alpha value is -0.930. The van der Waals surface area contributed by atoms with E-state index in [0.717, 1.165) is 44.6 Å². The summed E-state index contributed by atoms with van der Waals surface area (Å²) in [5, 5.41) is 3.21. The zero-order chi connectivity index (χ0) is 13.9. The highest BCUT2D eigenvalue weighted by Gasteiger charge is 2.09. The molecule has 1 rings (SSSR count). The van der Waals surface area contributed by atoms with Gasteiger partial charge in [0.05, 0.1) is 0 Å². The molecule has 0 heterocycles. The molecule has 1 unspecified atom stereocenters. The third-order valence-electron chi connectivity index (χ3n) is 3.22. The molecule has 0 amide bonds. The first-order chi connectivity index (χ1) is 9.26. The van der Waals surface area contributed by atoms with Crippen molar-refractivity contribution in [3.8, 4) is 0 Å². The van der Waals surface area contributed by atoms with E-state index in [1.807, 2.05) is 13.1 Å². The Bertz CT molecular complexity index is 343. The molecule has 0 aliphatic carbocycles. The minimum absolute atomic E-state index is 0.153. The van der Waals surface area contributed by atoms with Crippen LogP contribution in [0.15, 0.2) is 24.3 Å². The lowest BCUT2D eigenvalue weighted by atomic mass is 9.96. The maximum absolute atomic E-state index is 13.2. The van der Waals surface area contributed by atoms with Crippen molar-refractivity contribution in [1.82, 2.24) is 5.32 Å². The second kappa shape index (κ2) is 9.93. The summed E-state index contributed by atoms with van der Waals surface area (Å²) in [7, 11) is 1.95. The molecule has 3 heteroatoms. The molecule has 0 saturated heterocycles. The summed E-state index contributed by atoms with van der Waals surface area (Å²) >= 11 is 0. The fourth-order valence-corrected chi connectivity index (χ4v) is 2.16. The summed E-state index contributed by atoms with van der Waals surface area (Å²) in [4.78, 5) is 0. The summed E-state index contributed by atoms with van der Waals surface area (Å²) in [5.41, 5.74) is 1.06. The topological polar surface area (TPSA) is 21.3 Å². The number of hydrogen-bond donors (Lipinski definition) is 1. The molecule has 1 aromatic carbocycles. The normalized spacial score (nSPS) is 12.6. The highest BCUT2D eigenvalue weighted by atomic mass is 19.1. The Morgan fingerprint density at radius 1 is 1.32 bits per heavy atom. The average Bonchev–Trinajstić information content (AvgIpc) is 2.38. The molecule has 2 nitrogen and oxygen atoms in total. The number of unbranched alkanes of at least 4 members (excludes halogenated alkanes) is 1. The van der Waals surface area contributed by atoms with E-state index in [1.165, 1.54) is 12.5 Å².